The lowest BCUT2D eigenvalue weighted by molar-refractivity contribution is -0.144. The first kappa shape index (κ1) is 29.4. The van der Waals surface area contributed by atoms with Gasteiger partial charge in [-0.15, -0.1) is 0 Å². The summed E-state index contributed by atoms with van der Waals surface area (Å²) in [5.74, 6) is 1.12. The molecule has 0 aromatic rings. The molecular formula is C25H50O5. The van der Waals surface area contributed by atoms with Crippen LogP contribution in [0.2, 0.25) is 0 Å². The predicted octanol–water partition coefficient (Wildman–Crippen LogP) is 6.04. The fraction of sp³-hybridized carbons (Fsp3) is 0.960. The SMILES string of the molecule is CCCCC(CC)COCCOCCOCCCC(=O)OCCC(C)CC(C)(C)C. The molecule has 0 saturated heterocycles. The fourth-order valence-corrected chi connectivity index (χ4v) is 3.50. The second-order valence-corrected chi connectivity index (χ2v) is 9.70. The molecule has 5 heteroatoms. The van der Waals surface area contributed by atoms with Gasteiger partial charge in [-0.05, 0) is 42.9 Å². The van der Waals surface area contributed by atoms with Crippen LogP contribution < -0.4 is 0 Å². The molecule has 0 aliphatic heterocycles. The lowest BCUT2D eigenvalue weighted by Gasteiger charge is -2.22. The van der Waals surface area contributed by atoms with Gasteiger partial charge in [0, 0.05) is 19.6 Å². The summed E-state index contributed by atoms with van der Waals surface area (Å²) in [5, 5.41) is 0. The maximum absolute atomic E-state index is 11.8. The van der Waals surface area contributed by atoms with Gasteiger partial charge in [0.15, 0.2) is 0 Å². The van der Waals surface area contributed by atoms with E-state index in [0.717, 1.165) is 19.4 Å². The van der Waals surface area contributed by atoms with Gasteiger partial charge in [-0.3, -0.25) is 4.79 Å². The van der Waals surface area contributed by atoms with Crippen molar-refractivity contribution in [3.05, 3.63) is 0 Å². The summed E-state index contributed by atoms with van der Waals surface area (Å²) in [6.45, 7) is 17.7. The van der Waals surface area contributed by atoms with E-state index in [4.69, 9.17) is 18.9 Å². The highest BCUT2D eigenvalue weighted by molar-refractivity contribution is 5.69. The summed E-state index contributed by atoms with van der Waals surface area (Å²) in [4.78, 5) is 11.8. The first-order valence-corrected chi connectivity index (χ1v) is 12.2. The molecule has 5 nitrogen and oxygen atoms in total. The van der Waals surface area contributed by atoms with E-state index < -0.39 is 0 Å². The molecule has 0 aromatic heterocycles. The van der Waals surface area contributed by atoms with Crippen LogP contribution in [0.25, 0.3) is 0 Å². The van der Waals surface area contributed by atoms with Crippen LogP contribution in [-0.2, 0) is 23.7 Å². The number of ether oxygens (including phenoxy) is 4. The summed E-state index contributed by atoms with van der Waals surface area (Å²) >= 11 is 0. The highest BCUT2D eigenvalue weighted by atomic mass is 16.5. The molecule has 0 radical (unpaired) electrons. The van der Waals surface area contributed by atoms with Crippen molar-refractivity contribution >= 4 is 5.97 Å². The van der Waals surface area contributed by atoms with Gasteiger partial charge < -0.3 is 18.9 Å². The zero-order chi connectivity index (χ0) is 22.7. The minimum absolute atomic E-state index is 0.126. The van der Waals surface area contributed by atoms with E-state index in [1.165, 1.54) is 25.7 Å². The van der Waals surface area contributed by atoms with E-state index >= 15 is 0 Å². The van der Waals surface area contributed by atoms with Crippen LogP contribution in [0, 0.1) is 17.3 Å². The van der Waals surface area contributed by atoms with Gasteiger partial charge in [0.2, 0.25) is 0 Å². The van der Waals surface area contributed by atoms with Crippen LogP contribution in [0.5, 0.6) is 0 Å². The van der Waals surface area contributed by atoms with Crippen LogP contribution in [-0.4, -0.2) is 52.2 Å². The molecular weight excluding hydrogens is 380 g/mol. The second-order valence-electron chi connectivity index (χ2n) is 9.70. The van der Waals surface area contributed by atoms with Crippen molar-refractivity contribution in [3.63, 3.8) is 0 Å². The number of carbonyl (C=O) groups excluding carboxylic acids is 1. The lowest BCUT2D eigenvalue weighted by atomic mass is 9.84. The first-order chi connectivity index (χ1) is 14.3. The van der Waals surface area contributed by atoms with Gasteiger partial charge in [0.05, 0.1) is 33.0 Å². The molecule has 0 aliphatic carbocycles. The summed E-state index contributed by atoms with van der Waals surface area (Å²) < 4.78 is 22.1. The monoisotopic (exact) mass is 430 g/mol. The predicted molar refractivity (Wildman–Crippen MR) is 124 cm³/mol. The average Bonchev–Trinajstić information content (AvgIpc) is 2.67. The van der Waals surface area contributed by atoms with Crippen LogP contribution in [0.4, 0.5) is 0 Å². The zero-order valence-corrected chi connectivity index (χ0v) is 20.8. The first-order valence-electron chi connectivity index (χ1n) is 12.2. The van der Waals surface area contributed by atoms with Crippen molar-refractivity contribution in [2.24, 2.45) is 17.3 Å². The summed E-state index contributed by atoms with van der Waals surface area (Å²) in [6.07, 6.45) is 8.14. The van der Waals surface area contributed by atoms with E-state index in [1.807, 2.05) is 0 Å². The number of carbonyl (C=O) groups is 1. The Bertz CT molecular complexity index is 391. The molecule has 180 valence electrons. The third kappa shape index (κ3) is 20.6. The molecule has 0 amide bonds. The van der Waals surface area contributed by atoms with Gasteiger partial charge in [-0.2, -0.15) is 0 Å². The largest absolute Gasteiger partial charge is 0.466 e. The van der Waals surface area contributed by atoms with E-state index in [9.17, 15) is 4.79 Å². The Labute approximate surface area is 186 Å². The molecule has 0 saturated carbocycles. The highest BCUT2D eigenvalue weighted by Crippen LogP contribution is 2.25. The zero-order valence-electron chi connectivity index (χ0n) is 20.8. The van der Waals surface area contributed by atoms with Crippen LogP contribution >= 0.6 is 0 Å². The molecule has 2 unspecified atom stereocenters. The molecule has 30 heavy (non-hydrogen) atoms. The fourth-order valence-electron chi connectivity index (χ4n) is 3.50. The molecule has 2 atom stereocenters. The summed E-state index contributed by atoms with van der Waals surface area (Å²) in [7, 11) is 0. The van der Waals surface area contributed by atoms with Crippen molar-refractivity contribution in [1.82, 2.24) is 0 Å². The highest BCUT2D eigenvalue weighted by Gasteiger charge is 2.15. The van der Waals surface area contributed by atoms with Crippen LogP contribution in [0.3, 0.4) is 0 Å². The van der Waals surface area contributed by atoms with Crippen molar-refractivity contribution in [2.75, 3.05) is 46.2 Å². The van der Waals surface area contributed by atoms with Crippen LogP contribution in [0.15, 0.2) is 0 Å². The van der Waals surface area contributed by atoms with Gasteiger partial charge in [-0.25, -0.2) is 0 Å². The van der Waals surface area contributed by atoms with E-state index in [0.29, 0.717) is 69.7 Å². The molecule has 0 spiro atoms. The molecule has 0 bridgehead atoms. The van der Waals surface area contributed by atoms with Crippen molar-refractivity contribution in [2.45, 2.75) is 92.9 Å². The van der Waals surface area contributed by atoms with E-state index in [2.05, 4.69) is 41.5 Å². The Balaban J connectivity index is 3.40. The third-order valence-electron chi connectivity index (χ3n) is 5.14. The van der Waals surface area contributed by atoms with E-state index in [-0.39, 0.29) is 5.97 Å². The number of hydrogen-bond acceptors (Lipinski definition) is 5. The molecule has 0 fully saturated rings. The number of esters is 1. The smallest absolute Gasteiger partial charge is 0.305 e. The Hall–Kier alpha value is -0.650. The average molecular weight is 431 g/mol. The topological polar surface area (TPSA) is 54.0 Å². The minimum Gasteiger partial charge on any atom is -0.466 e. The minimum atomic E-state index is -0.126. The molecule has 0 aromatic carbocycles. The van der Waals surface area contributed by atoms with Crippen molar-refractivity contribution < 1.29 is 23.7 Å². The normalized spacial score (nSPS) is 13.9. The Kier molecular flexibility index (Phi) is 18.7. The lowest BCUT2D eigenvalue weighted by Crippen LogP contribution is -2.15. The number of unbranched alkanes of at least 4 members (excludes halogenated alkanes) is 1. The van der Waals surface area contributed by atoms with E-state index in [1.54, 1.807) is 0 Å². The molecule has 0 aliphatic rings. The van der Waals surface area contributed by atoms with Gasteiger partial charge in [0.25, 0.3) is 0 Å². The van der Waals surface area contributed by atoms with Gasteiger partial charge in [-0.1, -0.05) is 60.8 Å². The second kappa shape index (κ2) is 19.1. The maximum Gasteiger partial charge on any atom is 0.305 e. The van der Waals surface area contributed by atoms with Crippen molar-refractivity contribution in [1.29, 1.82) is 0 Å². The number of rotatable bonds is 20. The van der Waals surface area contributed by atoms with Crippen molar-refractivity contribution in [3.8, 4) is 0 Å². The van der Waals surface area contributed by atoms with Gasteiger partial charge in [0.1, 0.15) is 0 Å². The molecule has 0 rings (SSSR count). The molecule has 0 N–H and O–H groups in total. The van der Waals surface area contributed by atoms with Gasteiger partial charge >= 0.3 is 5.97 Å². The summed E-state index contributed by atoms with van der Waals surface area (Å²) in [5.41, 5.74) is 0.323. The Morgan fingerprint density at radius 2 is 1.47 bits per heavy atom. The maximum atomic E-state index is 11.8. The standard InChI is InChI=1S/C25H50O5/c1-7-9-11-23(8-2)21-29-19-18-28-17-16-27-14-10-12-24(26)30-15-13-22(3)20-25(4,5)6/h22-23H,7-21H2,1-6H3. The summed E-state index contributed by atoms with van der Waals surface area (Å²) in [6, 6.07) is 0. The quantitative estimate of drug-likeness (QED) is 0.174. The third-order valence-corrected chi connectivity index (χ3v) is 5.14. The van der Waals surface area contributed by atoms with Crippen LogP contribution in [0.1, 0.15) is 92.9 Å². The Morgan fingerprint density at radius 1 is 0.833 bits per heavy atom. The Morgan fingerprint density at radius 3 is 2.07 bits per heavy atom. The molecule has 0 heterocycles. The number of hydrogen-bond donors (Lipinski definition) is 0.